The molecule has 5 aromatic carbocycles. The van der Waals surface area contributed by atoms with Gasteiger partial charge in [0.2, 0.25) is 5.91 Å². The maximum absolute atomic E-state index is 14.5. The Kier molecular flexibility index (Phi) is 14.2. The van der Waals surface area contributed by atoms with Gasteiger partial charge in [0.15, 0.2) is 11.6 Å². The highest BCUT2D eigenvalue weighted by Crippen LogP contribution is 2.35. The van der Waals surface area contributed by atoms with Crippen molar-refractivity contribution in [2.45, 2.75) is 72.6 Å². The Morgan fingerprint density at radius 3 is 1.47 bits per heavy atom. The first-order valence-electron chi connectivity index (χ1n) is 20.8. The summed E-state index contributed by atoms with van der Waals surface area (Å²) in [6, 6.07) is 25.0. The van der Waals surface area contributed by atoms with Gasteiger partial charge in [0.05, 0.1) is 17.5 Å². The van der Waals surface area contributed by atoms with E-state index in [0.29, 0.717) is 80.1 Å². The Labute approximate surface area is 341 Å². The average Bonchev–Trinajstić information content (AvgIpc) is 3.61. The molecule has 0 bridgehead atoms. The second kappa shape index (κ2) is 19.6. The topological polar surface area (TPSA) is 128 Å². The Morgan fingerprint density at radius 1 is 0.569 bits per heavy atom. The van der Waals surface area contributed by atoms with Crippen LogP contribution in [-0.2, 0) is 11.2 Å². The molecule has 0 saturated heterocycles. The van der Waals surface area contributed by atoms with Crippen LogP contribution in [0, 0.1) is 0 Å². The molecule has 0 aliphatic carbocycles. The molecule has 0 fully saturated rings. The number of hydrogen-bond acceptors (Lipinski definition) is 7. The van der Waals surface area contributed by atoms with Crippen LogP contribution in [0.3, 0.4) is 0 Å². The van der Waals surface area contributed by atoms with Crippen LogP contribution in [-0.4, -0.2) is 78.4 Å². The van der Waals surface area contributed by atoms with Crippen LogP contribution in [0.25, 0.3) is 21.5 Å². The van der Waals surface area contributed by atoms with Gasteiger partial charge >= 0.3 is 0 Å². The van der Waals surface area contributed by atoms with Crippen LogP contribution in [0.15, 0.2) is 84.9 Å². The van der Waals surface area contributed by atoms with E-state index in [0.717, 1.165) is 70.5 Å². The minimum Gasteiger partial charge on any atom is -0.325 e. The molecule has 0 unspecified atom stereocenters. The van der Waals surface area contributed by atoms with Gasteiger partial charge in [-0.1, -0.05) is 82.3 Å². The number of anilines is 3. The molecular formula is C48H55N5O5. The summed E-state index contributed by atoms with van der Waals surface area (Å²) in [5, 5.41) is 11.2. The van der Waals surface area contributed by atoms with Gasteiger partial charge < -0.3 is 25.8 Å². The molecule has 3 N–H and O–H groups in total. The van der Waals surface area contributed by atoms with Crippen molar-refractivity contribution in [3.05, 3.63) is 113 Å². The summed E-state index contributed by atoms with van der Waals surface area (Å²) in [4.78, 5) is 72.6. The molecular weight excluding hydrogens is 727 g/mol. The summed E-state index contributed by atoms with van der Waals surface area (Å²) < 4.78 is 0. The zero-order valence-corrected chi connectivity index (χ0v) is 34.2. The third-order valence-corrected chi connectivity index (χ3v) is 11.3. The van der Waals surface area contributed by atoms with Gasteiger partial charge in [-0.25, -0.2) is 0 Å². The molecule has 5 aromatic rings. The predicted molar refractivity (Wildman–Crippen MR) is 235 cm³/mol. The van der Waals surface area contributed by atoms with Crippen molar-refractivity contribution in [2.75, 3.05) is 55.2 Å². The van der Waals surface area contributed by atoms with Crippen LogP contribution < -0.4 is 16.0 Å². The molecule has 10 heteroatoms. The normalized spacial score (nSPS) is 12.3. The largest absolute Gasteiger partial charge is 0.325 e. The van der Waals surface area contributed by atoms with Gasteiger partial charge in [-0.3, -0.25) is 24.0 Å². The number of nitrogens with one attached hydrogen (secondary N) is 3. The van der Waals surface area contributed by atoms with Crippen molar-refractivity contribution >= 4 is 67.9 Å². The molecule has 58 heavy (non-hydrogen) atoms. The fourth-order valence-electron chi connectivity index (χ4n) is 7.93. The first-order valence-corrected chi connectivity index (χ1v) is 20.8. The van der Waals surface area contributed by atoms with Gasteiger partial charge in [0.25, 0.3) is 11.8 Å². The molecule has 0 spiro atoms. The minimum absolute atomic E-state index is 0.0664. The maximum Gasteiger partial charge on any atom is 0.256 e. The number of benzene rings is 5. The van der Waals surface area contributed by atoms with Crippen LogP contribution in [0.2, 0.25) is 0 Å². The van der Waals surface area contributed by atoms with Crippen molar-refractivity contribution in [3.63, 3.8) is 0 Å². The Hall–Kier alpha value is -5.71. The molecule has 0 saturated carbocycles. The third-order valence-electron chi connectivity index (χ3n) is 11.3. The van der Waals surface area contributed by atoms with E-state index < -0.39 is 5.91 Å². The minimum atomic E-state index is -0.421. The predicted octanol–water partition coefficient (Wildman–Crippen LogP) is 9.38. The first-order chi connectivity index (χ1) is 28.1. The lowest BCUT2D eigenvalue weighted by Gasteiger charge is -2.18. The Morgan fingerprint density at radius 2 is 1.02 bits per heavy atom. The number of hydrogen-bond donors (Lipinski definition) is 3. The van der Waals surface area contributed by atoms with Crippen LogP contribution in [0.5, 0.6) is 0 Å². The van der Waals surface area contributed by atoms with E-state index in [9.17, 15) is 24.0 Å². The smallest absolute Gasteiger partial charge is 0.256 e. The molecule has 3 amide bonds. The van der Waals surface area contributed by atoms with Crippen molar-refractivity contribution in [3.8, 4) is 0 Å². The maximum atomic E-state index is 14.5. The molecule has 302 valence electrons. The van der Waals surface area contributed by atoms with E-state index in [2.05, 4.69) is 53.4 Å². The van der Waals surface area contributed by atoms with Crippen molar-refractivity contribution < 1.29 is 24.0 Å². The van der Waals surface area contributed by atoms with Crippen molar-refractivity contribution in [1.82, 2.24) is 9.80 Å². The molecule has 0 aromatic heterocycles. The van der Waals surface area contributed by atoms with Crippen LogP contribution >= 0.6 is 0 Å². The van der Waals surface area contributed by atoms with E-state index in [1.165, 1.54) is 0 Å². The number of nitrogens with zero attached hydrogens (tertiary/aromatic N) is 2. The van der Waals surface area contributed by atoms with Gasteiger partial charge in [-0.05, 0) is 122 Å². The first kappa shape index (κ1) is 41.9. The van der Waals surface area contributed by atoms with Crippen LogP contribution in [0.4, 0.5) is 17.1 Å². The zero-order valence-electron chi connectivity index (χ0n) is 34.2. The average molecular weight is 782 g/mol. The number of amides is 3. The fourth-order valence-corrected chi connectivity index (χ4v) is 7.93. The number of Topliss-reactive ketones (excluding diaryl/α,β-unsaturated/α-hetero) is 2. The number of fused-ring (bicyclic) bond motifs is 3. The van der Waals surface area contributed by atoms with E-state index in [4.69, 9.17) is 0 Å². The lowest BCUT2D eigenvalue weighted by molar-refractivity contribution is -0.115. The SMILES string of the molecule is CCN(CC)CCCCC(=O)c1cc(NC(=O)c2c3ccccc3c(C(=O)Nc3ccc4c(c3)NC(=O)C4)c3ccccc23)cc(C(=O)CCCCN(CC)CC)c1. The standard InChI is InChI=1S/C48H55N5O5/c1-5-52(6-2)25-15-13-21-42(54)33-27-34(43(55)22-14-16-26-53(7-3)8-4)29-36(28-33)50-48(58)46-39-19-11-9-17-37(39)45(38-18-10-12-20-40(38)46)47(57)49-35-24-23-32-30-44(56)51-41(32)31-35/h9-12,17-20,23-24,27-29,31H,5-8,13-16,21-22,25-26,30H2,1-4H3,(H,49,57)(H,50,58)(H,51,56). The van der Waals surface area contributed by atoms with Gasteiger partial charge in [-0.15, -0.1) is 0 Å². The summed E-state index contributed by atoms with van der Waals surface area (Å²) in [5.74, 6) is -0.998. The van der Waals surface area contributed by atoms with Crippen molar-refractivity contribution in [1.29, 1.82) is 0 Å². The monoisotopic (exact) mass is 781 g/mol. The molecule has 0 atom stereocenters. The highest BCUT2D eigenvalue weighted by molar-refractivity contribution is 6.29. The van der Waals surface area contributed by atoms with Crippen LogP contribution in [0.1, 0.15) is 113 Å². The fraction of sp³-hybridized carbons (Fsp3) is 0.354. The second-order valence-electron chi connectivity index (χ2n) is 15.0. The third kappa shape index (κ3) is 9.86. The zero-order chi connectivity index (χ0) is 41.2. The Bertz CT molecular complexity index is 2220. The summed E-state index contributed by atoms with van der Waals surface area (Å²) in [6.07, 6.45) is 4.21. The molecule has 1 heterocycles. The number of rotatable bonds is 20. The summed E-state index contributed by atoms with van der Waals surface area (Å²) in [6.45, 7) is 14.2. The molecule has 6 rings (SSSR count). The Balaban J connectivity index is 1.30. The molecule has 0 radical (unpaired) electrons. The van der Waals surface area contributed by atoms with Crippen molar-refractivity contribution in [2.24, 2.45) is 0 Å². The highest BCUT2D eigenvalue weighted by Gasteiger charge is 2.24. The lowest BCUT2D eigenvalue weighted by Crippen LogP contribution is -2.24. The second-order valence-corrected chi connectivity index (χ2v) is 15.0. The van der Waals surface area contributed by atoms with E-state index in [1.54, 1.807) is 30.3 Å². The van der Waals surface area contributed by atoms with E-state index in [-0.39, 0.29) is 23.4 Å². The van der Waals surface area contributed by atoms with E-state index in [1.807, 2.05) is 54.6 Å². The molecule has 1 aliphatic rings. The number of carbonyl (C=O) groups excluding carboxylic acids is 5. The summed E-state index contributed by atoms with van der Waals surface area (Å²) in [7, 11) is 0. The van der Waals surface area contributed by atoms with Gasteiger partial charge in [-0.2, -0.15) is 0 Å². The molecule has 1 aliphatic heterocycles. The number of unbranched alkanes of at least 4 members (excludes halogenated alkanes) is 2. The molecule has 10 nitrogen and oxygen atoms in total. The quantitative estimate of drug-likeness (QED) is 0.0408. The van der Waals surface area contributed by atoms with Gasteiger partial charge in [0, 0.05) is 41.0 Å². The summed E-state index contributed by atoms with van der Waals surface area (Å²) >= 11 is 0. The van der Waals surface area contributed by atoms with Gasteiger partial charge in [0.1, 0.15) is 0 Å². The van der Waals surface area contributed by atoms with E-state index >= 15 is 0 Å². The number of carbonyl (C=O) groups is 5. The lowest BCUT2D eigenvalue weighted by atomic mass is 9.90. The number of ketones is 2. The summed E-state index contributed by atoms with van der Waals surface area (Å²) in [5.41, 5.74) is 4.04. The highest BCUT2D eigenvalue weighted by atomic mass is 16.2.